The molecule has 1 amide bonds. The molecule has 1 atom stereocenters. The molecule has 1 aromatic rings. The average Bonchev–Trinajstić information content (AvgIpc) is 3.54. The predicted octanol–water partition coefficient (Wildman–Crippen LogP) is 5.18. The predicted molar refractivity (Wildman–Crippen MR) is 126 cm³/mol. The molecule has 1 aromatic carbocycles. The lowest BCUT2D eigenvalue weighted by Crippen LogP contribution is -2.62. The van der Waals surface area contributed by atoms with Gasteiger partial charge in [0.2, 0.25) is 0 Å². The monoisotopic (exact) mass is 433 g/mol. The lowest BCUT2D eigenvalue weighted by atomic mass is 9.89. The smallest absolute Gasteiger partial charge is 0.307 e. The molecule has 2 heterocycles. The molecule has 4 aliphatic rings. The molecule has 2 fully saturated rings. The van der Waals surface area contributed by atoms with E-state index in [-0.39, 0.29) is 0 Å². The zero-order chi connectivity index (χ0) is 22.0. The number of fused-ring (bicyclic) bond motifs is 1. The number of imidazole rings is 1. The number of ether oxygens (including phenoxy) is 1. The molecule has 0 bridgehead atoms. The van der Waals surface area contributed by atoms with Crippen molar-refractivity contribution < 1.29 is 9.53 Å². The summed E-state index contributed by atoms with van der Waals surface area (Å²) >= 11 is 0. The second-order valence-corrected chi connectivity index (χ2v) is 9.43. The first kappa shape index (κ1) is 21.1. The van der Waals surface area contributed by atoms with Crippen molar-refractivity contribution in [2.45, 2.75) is 76.4 Å². The summed E-state index contributed by atoms with van der Waals surface area (Å²) in [6.07, 6.45) is 17.6. The Bertz CT molecular complexity index is 1040. The molecule has 32 heavy (non-hydrogen) atoms. The lowest BCUT2D eigenvalue weighted by Gasteiger charge is -2.45. The molecule has 6 heteroatoms. The van der Waals surface area contributed by atoms with E-state index in [1.54, 1.807) is 13.4 Å². The molecule has 2 saturated carbocycles. The van der Waals surface area contributed by atoms with E-state index in [1.165, 1.54) is 38.5 Å². The van der Waals surface area contributed by atoms with Gasteiger partial charge >= 0.3 is 6.41 Å². The Balaban J connectivity index is 1.51. The van der Waals surface area contributed by atoms with Crippen LogP contribution in [0.5, 0.6) is 5.75 Å². The Morgan fingerprint density at radius 2 is 1.69 bits per heavy atom. The van der Waals surface area contributed by atoms with E-state index < -0.39 is 0 Å². The zero-order valence-electron chi connectivity index (χ0n) is 18.9. The van der Waals surface area contributed by atoms with E-state index in [9.17, 15) is 4.79 Å². The second kappa shape index (κ2) is 9.02. The minimum Gasteiger partial charge on any atom is -0.496 e. The number of carbonyl (C=O) groups is 1. The SMILES string of the molecule is COc1cc([N+](C=O)(C2CCCCC2)C2CCCC2)ccc1Cn1ccc2ncnc-2c1. The highest BCUT2D eigenvalue weighted by Gasteiger charge is 2.47. The van der Waals surface area contributed by atoms with Crippen LogP contribution in [-0.2, 0) is 11.3 Å². The quantitative estimate of drug-likeness (QED) is 0.381. The summed E-state index contributed by atoms with van der Waals surface area (Å²) in [6.45, 7) is 0.681. The van der Waals surface area contributed by atoms with Gasteiger partial charge in [0.1, 0.15) is 35.5 Å². The van der Waals surface area contributed by atoms with E-state index in [1.807, 2.05) is 18.5 Å². The highest BCUT2D eigenvalue weighted by molar-refractivity contribution is 5.72. The summed E-state index contributed by atoms with van der Waals surface area (Å²) in [5.41, 5.74) is 3.99. The first-order valence-electron chi connectivity index (χ1n) is 12.0. The maximum absolute atomic E-state index is 12.9. The number of pyridine rings is 1. The summed E-state index contributed by atoms with van der Waals surface area (Å²) in [5, 5.41) is 0. The van der Waals surface area contributed by atoms with E-state index >= 15 is 0 Å². The van der Waals surface area contributed by atoms with Crippen LogP contribution in [0.15, 0.2) is 43.0 Å². The molecular formula is C26H33N4O2+. The van der Waals surface area contributed by atoms with E-state index in [0.717, 1.165) is 54.1 Å². The molecule has 2 aliphatic carbocycles. The molecule has 0 spiro atoms. The third kappa shape index (κ3) is 3.71. The van der Waals surface area contributed by atoms with Gasteiger partial charge in [-0.15, -0.1) is 0 Å². The van der Waals surface area contributed by atoms with Crippen molar-refractivity contribution >= 4 is 12.1 Å². The van der Waals surface area contributed by atoms with Crippen molar-refractivity contribution in [2.75, 3.05) is 7.11 Å². The highest BCUT2D eigenvalue weighted by Crippen LogP contribution is 2.42. The topological polar surface area (TPSA) is 57.0 Å². The number of benzene rings is 1. The van der Waals surface area contributed by atoms with Crippen molar-refractivity contribution in [1.82, 2.24) is 19.0 Å². The summed E-state index contributed by atoms with van der Waals surface area (Å²) in [5.74, 6) is 0.849. The van der Waals surface area contributed by atoms with Gasteiger partial charge in [-0.3, -0.25) is 0 Å². The fourth-order valence-electron chi connectivity index (χ4n) is 6.07. The molecule has 0 saturated heterocycles. The maximum atomic E-state index is 12.9. The largest absolute Gasteiger partial charge is 0.496 e. The van der Waals surface area contributed by atoms with Gasteiger partial charge in [-0.05, 0) is 37.8 Å². The van der Waals surface area contributed by atoms with Gasteiger partial charge in [-0.2, -0.15) is 0 Å². The maximum Gasteiger partial charge on any atom is 0.307 e. The Morgan fingerprint density at radius 1 is 1.00 bits per heavy atom. The summed E-state index contributed by atoms with van der Waals surface area (Å²) < 4.78 is 8.44. The summed E-state index contributed by atoms with van der Waals surface area (Å²) in [7, 11) is 1.73. The summed E-state index contributed by atoms with van der Waals surface area (Å²) in [6, 6.07) is 9.22. The standard InChI is InChI=1S/C26H33N4O2/c1-32-26-15-23(12-11-20(26)16-29-14-13-24-25(17-29)28-18-27-24)30(19-31,22-9-5-6-10-22)21-7-3-2-4-8-21/h11-15,17-19,21-22H,2-10,16H2,1H3/q+1. The van der Waals surface area contributed by atoms with Gasteiger partial charge in [-0.25, -0.2) is 19.2 Å². The minimum atomic E-state index is 0.382. The Labute approximate surface area is 190 Å². The van der Waals surface area contributed by atoms with Crippen LogP contribution in [0.4, 0.5) is 5.69 Å². The number of nitrogens with zero attached hydrogens (tertiary/aromatic N) is 4. The van der Waals surface area contributed by atoms with E-state index in [0.29, 0.717) is 23.1 Å². The van der Waals surface area contributed by atoms with Crippen molar-refractivity contribution in [3.8, 4) is 17.1 Å². The lowest BCUT2D eigenvalue weighted by molar-refractivity contribution is -0.122. The Kier molecular flexibility index (Phi) is 5.96. The minimum absolute atomic E-state index is 0.382. The third-order valence-electron chi connectivity index (χ3n) is 7.72. The number of amides is 1. The van der Waals surface area contributed by atoms with Gasteiger partial charge < -0.3 is 9.30 Å². The van der Waals surface area contributed by atoms with Gasteiger partial charge in [0.15, 0.2) is 0 Å². The van der Waals surface area contributed by atoms with Gasteiger partial charge in [0.25, 0.3) is 0 Å². The normalized spacial score (nSPS) is 19.8. The van der Waals surface area contributed by atoms with Gasteiger partial charge in [-0.1, -0.05) is 6.42 Å². The van der Waals surface area contributed by atoms with Crippen LogP contribution in [0.3, 0.4) is 0 Å². The highest BCUT2D eigenvalue weighted by atomic mass is 16.5. The number of aromatic nitrogens is 3. The number of hydrogen-bond donors (Lipinski definition) is 0. The Hall–Kier alpha value is -2.73. The Morgan fingerprint density at radius 3 is 2.38 bits per heavy atom. The molecule has 0 radical (unpaired) electrons. The van der Waals surface area contributed by atoms with Crippen LogP contribution in [0, 0.1) is 0 Å². The van der Waals surface area contributed by atoms with Crippen LogP contribution in [0.25, 0.3) is 11.4 Å². The molecule has 0 N–H and O–H groups in total. The molecule has 0 aromatic heterocycles. The van der Waals surface area contributed by atoms with Crippen molar-refractivity contribution in [2.24, 2.45) is 0 Å². The van der Waals surface area contributed by atoms with Crippen LogP contribution in [0.1, 0.15) is 63.4 Å². The van der Waals surface area contributed by atoms with Crippen molar-refractivity contribution in [1.29, 1.82) is 0 Å². The third-order valence-corrected chi connectivity index (χ3v) is 7.72. The van der Waals surface area contributed by atoms with Crippen LogP contribution in [-0.4, -0.2) is 40.1 Å². The molecule has 168 valence electrons. The first-order valence-corrected chi connectivity index (χ1v) is 12.0. The van der Waals surface area contributed by atoms with Crippen molar-refractivity contribution in [3.63, 3.8) is 0 Å². The molecular weight excluding hydrogens is 400 g/mol. The number of quaternary nitrogens is 1. The number of hydrogen-bond acceptors (Lipinski definition) is 4. The molecule has 5 rings (SSSR count). The second-order valence-electron chi connectivity index (χ2n) is 9.43. The molecule has 2 aliphatic heterocycles. The number of carbonyl (C=O) groups excluding carboxylic acids is 1. The number of rotatable bonds is 7. The molecule has 6 nitrogen and oxygen atoms in total. The van der Waals surface area contributed by atoms with Crippen molar-refractivity contribution in [3.05, 3.63) is 48.5 Å². The summed E-state index contributed by atoms with van der Waals surface area (Å²) in [4.78, 5) is 21.5. The van der Waals surface area contributed by atoms with Gasteiger partial charge in [0.05, 0.1) is 19.3 Å². The van der Waals surface area contributed by atoms with Crippen LogP contribution >= 0.6 is 0 Å². The van der Waals surface area contributed by atoms with Crippen LogP contribution in [0.2, 0.25) is 0 Å². The van der Waals surface area contributed by atoms with E-state index in [2.05, 4.69) is 32.7 Å². The fraction of sp³-hybridized carbons (Fsp3) is 0.500. The number of methoxy groups -OCH3 is 1. The van der Waals surface area contributed by atoms with Crippen LogP contribution < -0.4 is 9.22 Å². The fourth-order valence-corrected chi connectivity index (χ4v) is 6.07. The molecule has 1 unspecified atom stereocenters. The first-order chi connectivity index (χ1) is 15.7. The van der Waals surface area contributed by atoms with Gasteiger partial charge in [0, 0.05) is 55.8 Å². The average molecular weight is 434 g/mol. The van der Waals surface area contributed by atoms with E-state index in [4.69, 9.17) is 4.74 Å². The zero-order valence-corrected chi connectivity index (χ0v) is 18.9.